The van der Waals surface area contributed by atoms with Gasteiger partial charge in [0.05, 0.1) is 0 Å². The smallest absolute Gasteiger partial charge is 0.326 e. The van der Waals surface area contributed by atoms with Gasteiger partial charge in [-0.15, -0.1) is 0 Å². The van der Waals surface area contributed by atoms with Crippen molar-refractivity contribution >= 4 is 11.9 Å². The van der Waals surface area contributed by atoms with Crippen LogP contribution in [0.5, 0.6) is 0 Å². The van der Waals surface area contributed by atoms with Crippen molar-refractivity contribution in [3.05, 3.63) is 0 Å². The zero-order valence-electron chi connectivity index (χ0n) is 9.82. The first kappa shape index (κ1) is 13.9. The van der Waals surface area contributed by atoms with Crippen LogP contribution in [-0.4, -0.2) is 35.0 Å². The molecule has 0 aliphatic carbocycles. The number of hydrogen-bond acceptors (Lipinski definition) is 2. The minimum absolute atomic E-state index is 0.0716. The molecule has 0 radical (unpaired) electrons. The first-order valence-electron chi connectivity index (χ1n) is 5.53. The third-order valence-corrected chi connectivity index (χ3v) is 2.45. The Morgan fingerprint density at radius 1 is 1.27 bits per heavy atom. The lowest BCUT2D eigenvalue weighted by atomic mass is 10.1. The Morgan fingerprint density at radius 2 is 1.87 bits per heavy atom. The van der Waals surface area contributed by atoms with Crippen LogP contribution in [0.25, 0.3) is 0 Å². The van der Waals surface area contributed by atoms with Crippen LogP contribution in [0.4, 0.5) is 0 Å². The molecule has 0 aromatic rings. The van der Waals surface area contributed by atoms with Crippen LogP contribution in [0.2, 0.25) is 0 Å². The summed E-state index contributed by atoms with van der Waals surface area (Å²) in [7, 11) is 1.58. The van der Waals surface area contributed by atoms with Crippen LogP contribution < -0.4 is 0 Å². The van der Waals surface area contributed by atoms with E-state index in [1.807, 2.05) is 13.8 Å². The summed E-state index contributed by atoms with van der Waals surface area (Å²) >= 11 is 0. The normalized spacial score (nSPS) is 12.2. The zero-order chi connectivity index (χ0) is 11.8. The van der Waals surface area contributed by atoms with Gasteiger partial charge in [0.25, 0.3) is 0 Å². The van der Waals surface area contributed by atoms with E-state index in [1.54, 1.807) is 7.05 Å². The molecule has 0 spiro atoms. The maximum Gasteiger partial charge on any atom is 0.326 e. The summed E-state index contributed by atoms with van der Waals surface area (Å²) in [6, 6.07) is -0.667. The highest BCUT2D eigenvalue weighted by Crippen LogP contribution is 2.08. The van der Waals surface area contributed by atoms with Crippen molar-refractivity contribution in [3.8, 4) is 0 Å². The molecule has 15 heavy (non-hydrogen) atoms. The van der Waals surface area contributed by atoms with Crippen LogP contribution in [0, 0.1) is 0 Å². The third kappa shape index (κ3) is 4.81. The lowest BCUT2D eigenvalue weighted by molar-refractivity contribution is -0.149. The van der Waals surface area contributed by atoms with E-state index in [0.29, 0.717) is 12.8 Å². The number of unbranched alkanes of at least 4 members (excludes halogenated alkanes) is 1. The number of carbonyl (C=O) groups excluding carboxylic acids is 1. The SMILES string of the molecule is CCCCC(=O)N(C)[C@@H](CCC)C(=O)O. The molecule has 0 rings (SSSR count). The van der Waals surface area contributed by atoms with Gasteiger partial charge in [-0.1, -0.05) is 26.7 Å². The summed E-state index contributed by atoms with van der Waals surface area (Å²) < 4.78 is 0. The van der Waals surface area contributed by atoms with Gasteiger partial charge >= 0.3 is 5.97 Å². The van der Waals surface area contributed by atoms with Crippen LogP contribution in [0.15, 0.2) is 0 Å². The standard InChI is InChI=1S/C11H21NO3/c1-4-6-8-10(13)12(3)9(7-5-2)11(14)15/h9H,4-8H2,1-3H3,(H,14,15)/t9-/m0/s1. The fourth-order valence-corrected chi connectivity index (χ4v) is 1.43. The molecule has 88 valence electrons. The predicted octanol–water partition coefficient (Wildman–Crippen LogP) is 1.89. The Morgan fingerprint density at radius 3 is 2.27 bits per heavy atom. The molecule has 1 atom stereocenters. The van der Waals surface area contributed by atoms with Crippen LogP contribution in [0.1, 0.15) is 46.0 Å². The van der Waals surface area contributed by atoms with E-state index in [4.69, 9.17) is 5.11 Å². The van der Waals surface area contributed by atoms with Crippen molar-refractivity contribution in [1.82, 2.24) is 4.90 Å². The van der Waals surface area contributed by atoms with Gasteiger partial charge in [0.1, 0.15) is 6.04 Å². The fourth-order valence-electron chi connectivity index (χ4n) is 1.43. The second-order valence-electron chi connectivity index (χ2n) is 3.75. The molecule has 0 aromatic carbocycles. The molecule has 4 heteroatoms. The molecule has 0 unspecified atom stereocenters. The van der Waals surface area contributed by atoms with Gasteiger partial charge in [-0.05, 0) is 12.8 Å². The van der Waals surface area contributed by atoms with E-state index in [2.05, 4.69) is 0 Å². The summed E-state index contributed by atoms with van der Waals surface area (Å²) in [6.07, 6.45) is 3.50. The summed E-state index contributed by atoms with van der Waals surface area (Å²) in [5.41, 5.74) is 0. The molecular formula is C11H21NO3. The van der Waals surface area contributed by atoms with Gasteiger partial charge in [0.2, 0.25) is 5.91 Å². The van der Waals surface area contributed by atoms with Gasteiger partial charge in [-0.25, -0.2) is 4.79 Å². The van der Waals surface area contributed by atoms with Gasteiger partial charge in [-0.2, -0.15) is 0 Å². The molecular weight excluding hydrogens is 194 g/mol. The Labute approximate surface area is 91.3 Å². The average molecular weight is 215 g/mol. The van der Waals surface area contributed by atoms with Crippen LogP contribution >= 0.6 is 0 Å². The summed E-state index contributed by atoms with van der Waals surface area (Å²) in [6.45, 7) is 3.92. The summed E-state index contributed by atoms with van der Waals surface area (Å²) in [5.74, 6) is -0.984. The molecule has 0 aliphatic heterocycles. The van der Waals surface area contributed by atoms with Crippen LogP contribution in [0.3, 0.4) is 0 Å². The van der Waals surface area contributed by atoms with E-state index < -0.39 is 12.0 Å². The minimum Gasteiger partial charge on any atom is -0.480 e. The van der Waals surface area contributed by atoms with Gasteiger partial charge in [0.15, 0.2) is 0 Å². The quantitative estimate of drug-likeness (QED) is 0.705. The van der Waals surface area contributed by atoms with Crippen molar-refractivity contribution < 1.29 is 14.7 Å². The number of likely N-dealkylation sites (N-methyl/N-ethyl adjacent to an activating group) is 1. The Bertz CT molecular complexity index is 216. The summed E-state index contributed by atoms with van der Waals surface area (Å²) in [4.78, 5) is 23.9. The topological polar surface area (TPSA) is 57.6 Å². The number of aliphatic carboxylic acids is 1. The minimum atomic E-state index is -0.913. The maximum atomic E-state index is 11.6. The van der Waals surface area contributed by atoms with Crippen molar-refractivity contribution in [2.24, 2.45) is 0 Å². The van der Waals surface area contributed by atoms with Crippen molar-refractivity contribution in [3.63, 3.8) is 0 Å². The maximum absolute atomic E-state index is 11.6. The fraction of sp³-hybridized carbons (Fsp3) is 0.818. The second kappa shape index (κ2) is 7.26. The van der Waals surface area contributed by atoms with Gasteiger partial charge in [0, 0.05) is 13.5 Å². The molecule has 0 aliphatic rings. The van der Waals surface area contributed by atoms with E-state index >= 15 is 0 Å². The Balaban J connectivity index is 4.28. The van der Waals surface area contributed by atoms with E-state index in [0.717, 1.165) is 19.3 Å². The molecule has 0 saturated heterocycles. The number of nitrogens with zero attached hydrogens (tertiary/aromatic N) is 1. The predicted molar refractivity (Wildman–Crippen MR) is 58.6 cm³/mol. The van der Waals surface area contributed by atoms with Gasteiger partial charge < -0.3 is 10.0 Å². The van der Waals surface area contributed by atoms with E-state index in [9.17, 15) is 9.59 Å². The molecule has 1 N–H and O–H groups in total. The highest BCUT2D eigenvalue weighted by molar-refractivity contribution is 5.83. The van der Waals surface area contributed by atoms with Crippen molar-refractivity contribution in [2.45, 2.75) is 52.0 Å². The van der Waals surface area contributed by atoms with E-state index in [-0.39, 0.29) is 5.91 Å². The summed E-state index contributed by atoms with van der Waals surface area (Å²) in [5, 5.41) is 8.96. The Hall–Kier alpha value is -1.06. The monoisotopic (exact) mass is 215 g/mol. The molecule has 1 amide bonds. The highest BCUT2D eigenvalue weighted by atomic mass is 16.4. The molecule has 0 saturated carbocycles. The number of carboxylic acids is 1. The van der Waals surface area contributed by atoms with Crippen LogP contribution in [-0.2, 0) is 9.59 Å². The van der Waals surface area contributed by atoms with Gasteiger partial charge in [-0.3, -0.25) is 4.79 Å². The zero-order valence-corrected chi connectivity index (χ0v) is 9.82. The molecule has 4 nitrogen and oxygen atoms in total. The van der Waals surface area contributed by atoms with E-state index in [1.165, 1.54) is 4.90 Å². The second-order valence-corrected chi connectivity index (χ2v) is 3.75. The lowest BCUT2D eigenvalue weighted by Crippen LogP contribution is -2.42. The lowest BCUT2D eigenvalue weighted by Gasteiger charge is -2.24. The number of amides is 1. The molecule has 0 fully saturated rings. The largest absolute Gasteiger partial charge is 0.480 e. The Kier molecular flexibility index (Phi) is 6.75. The first-order chi connectivity index (χ1) is 7.04. The van der Waals surface area contributed by atoms with Crippen molar-refractivity contribution in [1.29, 1.82) is 0 Å². The molecule has 0 aromatic heterocycles. The number of hydrogen-bond donors (Lipinski definition) is 1. The van der Waals surface area contributed by atoms with Crippen molar-refractivity contribution in [2.75, 3.05) is 7.05 Å². The number of carboxylic acid groups (broad SMARTS) is 1. The average Bonchev–Trinajstić information content (AvgIpc) is 2.21. The highest BCUT2D eigenvalue weighted by Gasteiger charge is 2.24. The number of rotatable bonds is 7. The molecule has 0 bridgehead atoms. The molecule has 0 heterocycles. The third-order valence-electron chi connectivity index (χ3n) is 2.45. The first-order valence-corrected chi connectivity index (χ1v) is 5.53. The number of carbonyl (C=O) groups is 2.